The summed E-state index contributed by atoms with van der Waals surface area (Å²) in [6, 6.07) is 5.78. The summed E-state index contributed by atoms with van der Waals surface area (Å²) in [7, 11) is 3.23. The molecule has 0 saturated heterocycles. The lowest BCUT2D eigenvalue weighted by Crippen LogP contribution is -2.19. The van der Waals surface area contributed by atoms with Gasteiger partial charge in [-0.05, 0) is 74.1 Å². The molecule has 0 amide bonds. The summed E-state index contributed by atoms with van der Waals surface area (Å²) in [5.74, 6) is -3.41. The fourth-order valence-electron chi connectivity index (χ4n) is 6.78. The second-order valence-electron chi connectivity index (χ2n) is 12.4. The number of hydroxylamine groups is 2. The normalized spacial score (nSPS) is 16.1. The lowest BCUT2D eigenvalue weighted by molar-refractivity contribution is -0.178. The standard InChI is InChI=1S/C36H41N5O6/c1-9-21-17(3)25-14-27-19(5)23(11-12-32(44)47-41(7)8)34(39-27)24(13-31(42)43)35-33(36(45)46)20(6)28(40-35)16-30-22(10-2)18(4)26(38-30)15-29(21)37-25/h9,14-16,19,23,38,40H,1,10-13H2,2-8H3,(H,42,43)(H,45,46)/t19-,23?/m0/s1. The molecule has 0 radical (unpaired) electrons. The van der Waals surface area contributed by atoms with Crippen LogP contribution in [-0.2, 0) is 27.3 Å². The number of aromatic nitrogens is 4. The summed E-state index contributed by atoms with van der Waals surface area (Å²) < 4.78 is 0. The highest BCUT2D eigenvalue weighted by Crippen LogP contribution is 2.43. The van der Waals surface area contributed by atoms with Crippen molar-refractivity contribution in [2.24, 2.45) is 0 Å². The predicted octanol–water partition coefficient (Wildman–Crippen LogP) is 6.62. The van der Waals surface area contributed by atoms with Gasteiger partial charge in [-0.15, -0.1) is 5.06 Å². The van der Waals surface area contributed by atoms with Gasteiger partial charge in [0.15, 0.2) is 0 Å². The van der Waals surface area contributed by atoms with E-state index in [0.717, 1.165) is 45.4 Å². The van der Waals surface area contributed by atoms with Crippen LogP contribution in [0.3, 0.4) is 0 Å². The molecule has 11 nitrogen and oxygen atoms in total. The highest BCUT2D eigenvalue weighted by Gasteiger charge is 2.34. The van der Waals surface area contributed by atoms with Crippen LogP contribution in [0, 0.1) is 13.8 Å². The molecule has 5 rings (SSSR count). The van der Waals surface area contributed by atoms with E-state index in [1.54, 1.807) is 27.1 Å². The van der Waals surface area contributed by atoms with Gasteiger partial charge in [-0.1, -0.05) is 26.5 Å². The Bertz CT molecular complexity index is 2020. The van der Waals surface area contributed by atoms with E-state index in [9.17, 15) is 24.6 Å². The van der Waals surface area contributed by atoms with Crippen molar-refractivity contribution < 1.29 is 29.4 Å². The third-order valence-electron chi connectivity index (χ3n) is 9.22. The summed E-state index contributed by atoms with van der Waals surface area (Å²) in [6.45, 7) is 13.8. The van der Waals surface area contributed by atoms with E-state index >= 15 is 0 Å². The minimum atomic E-state index is -1.18. The summed E-state index contributed by atoms with van der Waals surface area (Å²) in [4.78, 5) is 59.9. The minimum absolute atomic E-state index is 0.0168. The van der Waals surface area contributed by atoms with Crippen molar-refractivity contribution in [1.82, 2.24) is 25.0 Å². The van der Waals surface area contributed by atoms with Crippen LogP contribution in [0.4, 0.5) is 0 Å². The van der Waals surface area contributed by atoms with E-state index in [4.69, 9.17) is 14.8 Å². The molecule has 47 heavy (non-hydrogen) atoms. The van der Waals surface area contributed by atoms with E-state index in [-0.39, 0.29) is 29.0 Å². The number of nitrogens with zero attached hydrogens (tertiary/aromatic N) is 3. The summed E-state index contributed by atoms with van der Waals surface area (Å²) in [6.07, 6.45) is 2.40. The maximum Gasteiger partial charge on any atom is 0.338 e. The number of nitrogens with one attached hydrogen (secondary N) is 2. The fourth-order valence-corrected chi connectivity index (χ4v) is 6.78. The number of carbonyl (C=O) groups excluding carboxylic acids is 1. The summed E-state index contributed by atoms with van der Waals surface area (Å²) in [5.41, 5.74) is 9.60. The largest absolute Gasteiger partial charge is 0.481 e. The number of aromatic amines is 2. The first-order valence-corrected chi connectivity index (χ1v) is 15.7. The number of hydrogen-bond donors (Lipinski definition) is 4. The molecule has 0 saturated carbocycles. The van der Waals surface area contributed by atoms with Crippen molar-refractivity contribution in [3.8, 4) is 0 Å². The molecule has 0 spiro atoms. The number of H-pyrrole nitrogens is 2. The first kappa shape index (κ1) is 33.3. The van der Waals surface area contributed by atoms with E-state index in [2.05, 4.69) is 23.5 Å². The molecule has 4 N–H and O–H groups in total. The molecule has 11 heteroatoms. The van der Waals surface area contributed by atoms with Gasteiger partial charge in [-0.3, -0.25) is 14.6 Å². The van der Waals surface area contributed by atoms with Crippen molar-refractivity contribution in [1.29, 1.82) is 0 Å². The van der Waals surface area contributed by atoms with Crippen molar-refractivity contribution in [2.75, 3.05) is 14.1 Å². The number of carbonyl (C=O) groups is 3. The molecular weight excluding hydrogens is 598 g/mol. The number of carboxylic acid groups (broad SMARTS) is 2. The van der Waals surface area contributed by atoms with E-state index in [0.29, 0.717) is 34.6 Å². The third-order valence-corrected chi connectivity index (χ3v) is 9.22. The first-order valence-electron chi connectivity index (χ1n) is 15.7. The number of rotatable bonds is 9. The molecule has 2 aliphatic heterocycles. The molecule has 0 fully saturated rings. The van der Waals surface area contributed by atoms with Crippen LogP contribution in [0.1, 0.15) is 101 Å². The maximum atomic E-state index is 12.8. The number of aromatic carboxylic acids is 1. The van der Waals surface area contributed by atoms with Gasteiger partial charge < -0.3 is 25.0 Å². The number of aliphatic carboxylic acids is 1. The zero-order valence-corrected chi connectivity index (χ0v) is 27.9. The molecule has 2 aliphatic rings. The Balaban J connectivity index is 1.96. The van der Waals surface area contributed by atoms with E-state index in [1.165, 1.54) is 5.06 Å². The Kier molecular flexibility index (Phi) is 9.22. The quantitative estimate of drug-likeness (QED) is 0.189. The van der Waals surface area contributed by atoms with Gasteiger partial charge >= 0.3 is 17.9 Å². The van der Waals surface area contributed by atoms with Crippen LogP contribution >= 0.6 is 0 Å². The number of allylic oxidation sites excluding steroid dienone is 3. The van der Waals surface area contributed by atoms with Crippen molar-refractivity contribution in [2.45, 2.75) is 72.1 Å². The van der Waals surface area contributed by atoms with Crippen LogP contribution in [-0.4, -0.2) is 67.2 Å². The molecular formula is C36H41N5O6. The first-order chi connectivity index (χ1) is 22.2. The van der Waals surface area contributed by atoms with Crippen LogP contribution in [0.25, 0.3) is 33.2 Å². The molecule has 3 aromatic rings. The van der Waals surface area contributed by atoms with Crippen molar-refractivity contribution >= 4 is 51.1 Å². The molecule has 8 bridgehead atoms. The van der Waals surface area contributed by atoms with Crippen LogP contribution < -0.4 is 0 Å². The Morgan fingerprint density at radius 3 is 2.30 bits per heavy atom. The van der Waals surface area contributed by atoms with Gasteiger partial charge in [-0.2, -0.15) is 0 Å². The lowest BCUT2D eigenvalue weighted by Gasteiger charge is -2.18. The Hall–Kier alpha value is -5.03. The molecule has 0 aliphatic carbocycles. The van der Waals surface area contributed by atoms with Gasteiger partial charge in [0.25, 0.3) is 0 Å². The number of fused-ring (bicyclic) bond motifs is 8. The second kappa shape index (κ2) is 13.0. The molecule has 5 heterocycles. The summed E-state index contributed by atoms with van der Waals surface area (Å²) >= 11 is 0. The van der Waals surface area contributed by atoms with Gasteiger partial charge in [-0.25, -0.2) is 9.78 Å². The highest BCUT2D eigenvalue weighted by atomic mass is 16.7. The second-order valence-corrected chi connectivity index (χ2v) is 12.4. The average molecular weight is 640 g/mol. The fraction of sp³-hybridized carbons (Fsp3) is 0.361. The number of aryl methyl sites for hydroxylation is 3. The monoisotopic (exact) mass is 639 g/mol. The molecule has 2 atom stereocenters. The predicted molar refractivity (Wildman–Crippen MR) is 181 cm³/mol. The smallest absolute Gasteiger partial charge is 0.338 e. The molecule has 246 valence electrons. The number of hydrogen-bond acceptors (Lipinski definition) is 7. The maximum absolute atomic E-state index is 12.8. The SMILES string of the molecule is C=CC1=C(C)c2cc3nc(c(CC(=O)O)c4[nH]c(cc5[nH]c(cc1n2)c(C)c5CC)c(C)c4C(=O)O)C(CCC(=O)ON(C)C)[C@@H]3C. The molecule has 1 unspecified atom stereocenters. The Morgan fingerprint density at radius 1 is 0.979 bits per heavy atom. The third kappa shape index (κ3) is 6.23. The minimum Gasteiger partial charge on any atom is -0.481 e. The van der Waals surface area contributed by atoms with Crippen LogP contribution in [0.5, 0.6) is 0 Å². The zero-order valence-electron chi connectivity index (χ0n) is 27.9. The molecule has 0 aromatic carbocycles. The Morgan fingerprint density at radius 2 is 1.68 bits per heavy atom. The number of carboxylic acids is 2. The topological polar surface area (TPSA) is 161 Å². The van der Waals surface area contributed by atoms with Crippen LogP contribution in [0.2, 0.25) is 0 Å². The average Bonchev–Trinajstić information content (AvgIpc) is 3.67. The van der Waals surface area contributed by atoms with Gasteiger partial charge in [0.1, 0.15) is 0 Å². The zero-order chi connectivity index (χ0) is 34.3. The Labute approximate surface area is 273 Å². The summed E-state index contributed by atoms with van der Waals surface area (Å²) in [5, 5.41) is 21.9. The van der Waals surface area contributed by atoms with Gasteiger partial charge in [0.05, 0.1) is 34.6 Å². The van der Waals surface area contributed by atoms with Crippen molar-refractivity contribution in [3.63, 3.8) is 0 Å². The van der Waals surface area contributed by atoms with Gasteiger partial charge in [0, 0.05) is 65.7 Å². The van der Waals surface area contributed by atoms with E-state index in [1.807, 2.05) is 39.0 Å². The molecule has 3 aromatic heterocycles. The van der Waals surface area contributed by atoms with E-state index < -0.39 is 30.2 Å². The van der Waals surface area contributed by atoms with Crippen LogP contribution in [0.15, 0.2) is 30.9 Å². The van der Waals surface area contributed by atoms with Crippen molar-refractivity contribution in [3.05, 3.63) is 81.4 Å². The highest BCUT2D eigenvalue weighted by molar-refractivity contribution is 6.02. The lowest BCUT2D eigenvalue weighted by atomic mass is 9.85. The van der Waals surface area contributed by atoms with Gasteiger partial charge in [0.2, 0.25) is 0 Å².